The van der Waals surface area contributed by atoms with Crippen LogP contribution in [-0.4, -0.2) is 36.3 Å². The number of esters is 1. The molecule has 0 bridgehead atoms. The zero-order valence-corrected chi connectivity index (χ0v) is 13.0. The molecule has 0 fully saturated rings. The van der Waals surface area contributed by atoms with Gasteiger partial charge >= 0.3 is 5.97 Å². The van der Waals surface area contributed by atoms with E-state index < -0.39 is 17.9 Å². The quantitative estimate of drug-likeness (QED) is 0.591. The molecule has 0 aromatic heterocycles. The predicted molar refractivity (Wildman–Crippen MR) is 78.0 cm³/mol. The largest absolute Gasteiger partial charge is 0.478 e. The molecular weight excluding hydrogens is 295 g/mol. The number of carbonyl (C=O) groups is 2. The smallest absolute Gasteiger partial charge is 0.344 e. The molecule has 0 amide bonds. The minimum atomic E-state index is -1.55. The van der Waals surface area contributed by atoms with Gasteiger partial charge in [0.05, 0.1) is 0 Å². The number of hydrogen-bond donors (Lipinski definition) is 0. The van der Waals surface area contributed by atoms with Crippen LogP contribution in [0.3, 0.4) is 0 Å². The molecule has 0 heterocycles. The van der Waals surface area contributed by atoms with Crippen molar-refractivity contribution < 1.29 is 33.7 Å². The van der Waals surface area contributed by atoms with Gasteiger partial charge in [-0.05, 0) is 39.0 Å². The summed E-state index contributed by atoms with van der Waals surface area (Å²) < 4.78 is 28.2. The molecule has 0 aliphatic rings. The molecular formula is C15H21FO6. The molecule has 7 heteroatoms. The van der Waals surface area contributed by atoms with E-state index in [2.05, 4.69) is 0 Å². The van der Waals surface area contributed by atoms with Crippen molar-refractivity contribution in [3.63, 3.8) is 0 Å². The van der Waals surface area contributed by atoms with Crippen LogP contribution in [0.15, 0.2) is 18.2 Å². The lowest BCUT2D eigenvalue weighted by Gasteiger charge is -2.20. The molecule has 1 aromatic carbocycles. The number of rotatable bonds is 6. The third kappa shape index (κ3) is 7.03. The van der Waals surface area contributed by atoms with Crippen molar-refractivity contribution in [2.75, 3.05) is 6.61 Å². The Morgan fingerprint density at radius 1 is 1.32 bits per heavy atom. The van der Waals surface area contributed by atoms with E-state index in [1.54, 1.807) is 20.8 Å². The highest BCUT2D eigenvalue weighted by atomic mass is 19.1. The number of halogens is 1. The second-order valence-corrected chi connectivity index (χ2v) is 5.36. The van der Waals surface area contributed by atoms with Gasteiger partial charge in [0, 0.05) is 12.5 Å². The van der Waals surface area contributed by atoms with Gasteiger partial charge in [0.1, 0.15) is 11.9 Å². The molecule has 1 rings (SSSR count). The van der Waals surface area contributed by atoms with Gasteiger partial charge in [0.15, 0.2) is 18.1 Å². The van der Waals surface area contributed by atoms with Gasteiger partial charge in [-0.1, -0.05) is 0 Å². The normalized spacial score (nSPS) is 11.9. The zero-order valence-electron chi connectivity index (χ0n) is 13.0. The monoisotopic (exact) mass is 316 g/mol. The van der Waals surface area contributed by atoms with Crippen LogP contribution in [-0.2, 0) is 9.53 Å². The molecule has 0 radical (unpaired) electrons. The zero-order chi connectivity index (χ0) is 16.0. The summed E-state index contributed by atoms with van der Waals surface area (Å²) in [6, 6.07) is 4.24. The number of carbonyl (C=O) groups excluding carboxylic acids is 2. The Hall–Kier alpha value is -2.15. The van der Waals surface area contributed by atoms with Crippen LogP contribution in [0.5, 0.6) is 11.5 Å². The highest BCUT2D eigenvalue weighted by Crippen LogP contribution is 2.29. The van der Waals surface area contributed by atoms with Crippen LogP contribution in [0.4, 0.5) is 4.39 Å². The van der Waals surface area contributed by atoms with Gasteiger partial charge in [0.2, 0.25) is 6.36 Å². The summed E-state index contributed by atoms with van der Waals surface area (Å²) in [6.45, 7) is 6.05. The molecule has 124 valence electrons. The van der Waals surface area contributed by atoms with Gasteiger partial charge in [-0.2, -0.15) is 0 Å². The van der Waals surface area contributed by atoms with Crippen LogP contribution >= 0.6 is 0 Å². The standard InChI is InChI=1S/C15H19FO5.H2O/c1-10(16)20-12-6-5-11(8-17)7-13(12)19-9-14(18)21-15(2,3)4;/h5-8,10H,9H2,1-4H3;1H2. The summed E-state index contributed by atoms with van der Waals surface area (Å²) in [5.74, 6) is -0.354. The number of hydrogen-bond acceptors (Lipinski definition) is 5. The van der Waals surface area contributed by atoms with Gasteiger partial charge in [-0.15, -0.1) is 0 Å². The van der Waals surface area contributed by atoms with Crippen LogP contribution < -0.4 is 9.47 Å². The molecule has 6 nitrogen and oxygen atoms in total. The molecule has 1 unspecified atom stereocenters. The van der Waals surface area contributed by atoms with Crippen molar-refractivity contribution in [2.45, 2.75) is 39.7 Å². The SMILES string of the molecule is CC(F)Oc1ccc(C=O)cc1OCC(=O)OC(C)(C)C.O. The lowest BCUT2D eigenvalue weighted by molar-refractivity contribution is -0.157. The molecule has 0 saturated heterocycles. The molecule has 1 aromatic rings. The number of benzene rings is 1. The summed E-state index contributed by atoms with van der Waals surface area (Å²) in [5.41, 5.74) is -0.300. The number of aldehydes is 1. The topological polar surface area (TPSA) is 93.3 Å². The van der Waals surface area contributed by atoms with Crippen molar-refractivity contribution in [1.29, 1.82) is 0 Å². The molecule has 1 atom stereocenters. The third-order valence-electron chi connectivity index (χ3n) is 2.16. The molecule has 22 heavy (non-hydrogen) atoms. The van der Waals surface area contributed by atoms with Gasteiger partial charge < -0.3 is 19.7 Å². The van der Waals surface area contributed by atoms with Crippen molar-refractivity contribution in [3.05, 3.63) is 23.8 Å². The predicted octanol–water partition coefficient (Wildman–Crippen LogP) is 2.09. The van der Waals surface area contributed by atoms with Crippen LogP contribution in [0.2, 0.25) is 0 Å². The van der Waals surface area contributed by atoms with E-state index in [4.69, 9.17) is 14.2 Å². The summed E-state index contributed by atoms with van der Waals surface area (Å²) >= 11 is 0. The molecule has 0 saturated carbocycles. The number of alkyl halides is 1. The van der Waals surface area contributed by atoms with Gasteiger partial charge in [-0.3, -0.25) is 4.79 Å². The Morgan fingerprint density at radius 3 is 2.45 bits per heavy atom. The Morgan fingerprint density at radius 2 is 1.95 bits per heavy atom. The number of ether oxygens (including phenoxy) is 3. The Bertz CT molecular complexity index is 507. The summed E-state index contributed by atoms with van der Waals surface area (Å²) in [6.07, 6.45) is -0.931. The maximum absolute atomic E-state index is 12.9. The second kappa shape index (κ2) is 8.33. The molecule has 0 spiro atoms. The fraction of sp³-hybridized carbons (Fsp3) is 0.467. The summed E-state index contributed by atoms with van der Waals surface area (Å²) in [4.78, 5) is 22.3. The lowest BCUT2D eigenvalue weighted by atomic mass is 10.2. The molecule has 0 aliphatic heterocycles. The molecule has 2 N–H and O–H groups in total. The van der Waals surface area contributed by atoms with Crippen molar-refractivity contribution >= 4 is 12.3 Å². The average Bonchev–Trinajstić information content (AvgIpc) is 2.35. The van der Waals surface area contributed by atoms with E-state index in [0.29, 0.717) is 11.8 Å². The van der Waals surface area contributed by atoms with E-state index in [9.17, 15) is 14.0 Å². The summed E-state index contributed by atoms with van der Waals surface area (Å²) in [5, 5.41) is 0. The first-order chi connectivity index (χ1) is 9.71. The Labute approximate surface area is 128 Å². The maximum Gasteiger partial charge on any atom is 0.344 e. The highest BCUT2D eigenvalue weighted by molar-refractivity contribution is 5.76. The van der Waals surface area contributed by atoms with Crippen LogP contribution in [0.25, 0.3) is 0 Å². The fourth-order valence-corrected chi connectivity index (χ4v) is 1.49. The Balaban J connectivity index is 0.00000441. The summed E-state index contributed by atoms with van der Waals surface area (Å²) in [7, 11) is 0. The van der Waals surface area contributed by atoms with Gasteiger partial charge in [-0.25, -0.2) is 9.18 Å². The van der Waals surface area contributed by atoms with Crippen molar-refractivity contribution in [3.8, 4) is 11.5 Å². The highest BCUT2D eigenvalue weighted by Gasteiger charge is 2.18. The first-order valence-electron chi connectivity index (χ1n) is 6.46. The van der Waals surface area contributed by atoms with E-state index in [-0.39, 0.29) is 23.6 Å². The minimum Gasteiger partial charge on any atom is -0.478 e. The second-order valence-electron chi connectivity index (χ2n) is 5.36. The fourth-order valence-electron chi connectivity index (χ4n) is 1.49. The van der Waals surface area contributed by atoms with Gasteiger partial charge in [0.25, 0.3) is 0 Å². The third-order valence-corrected chi connectivity index (χ3v) is 2.16. The van der Waals surface area contributed by atoms with E-state index in [1.807, 2.05) is 0 Å². The maximum atomic E-state index is 12.9. The first-order valence-corrected chi connectivity index (χ1v) is 6.46. The lowest BCUT2D eigenvalue weighted by Crippen LogP contribution is -2.27. The molecule has 0 aliphatic carbocycles. The minimum absolute atomic E-state index is 0. The first kappa shape index (κ1) is 19.9. The van der Waals surface area contributed by atoms with Crippen molar-refractivity contribution in [2.24, 2.45) is 0 Å². The van der Waals surface area contributed by atoms with E-state index >= 15 is 0 Å². The van der Waals surface area contributed by atoms with Crippen LogP contribution in [0.1, 0.15) is 38.1 Å². The van der Waals surface area contributed by atoms with Crippen LogP contribution in [0, 0.1) is 0 Å². The van der Waals surface area contributed by atoms with E-state index in [1.165, 1.54) is 25.1 Å². The average molecular weight is 316 g/mol. The van der Waals surface area contributed by atoms with E-state index in [0.717, 1.165) is 0 Å². The van der Waals surface area contributed by atoms with Crippen molar-refractivity contribution in [1.82, 2.24) is 0 Å². The Kier molecular flexibility index (Phi) is 7.52.